The molecule has 0 aromatic heterocycles. The number of aliphatic hydroxyl groups excluding tert-OH is 1. The minimum absolute atomic E-state index is 0.0714. The molecule has 0 aliphatic carbocycles. The van der Waals surface area contributed by atoms with Crippen LogP contribution in [0.15, 0.2) is 133 Å². The number of imide groups is 1. The Labute approximate surface area is 401 Å². The first-order valence-electron chi connectivity index (χ1n) is 23.7. The zero-order valence-corrected chi connectivity index (χ0v) is 38.5. The van der Waals surface area contributed by atoms with Gasteiger partial charge in [0.2, 0.25) is 11.8 Å². The summed E-state index contributed by atoms with van der Waals surface area (Å²) >= 11 is 0. The molecular weight excluding hydrogens is 873 g/mol. The molecule has 4 aliphatic rings. The molecule has 69 heavy (non-hydrogen) atoms. The van der Waals surface area contributed by atoms with Gasteiger partial charge in [0.25, 0.3) is 0 Å². The molecule has 5 aromatic rings. The van der Waals surface area contributed by atoms with E-state index in [0.29, 0.717) is 41.1 Å². The fraction of sp³-hybridized carbons (Fsp3) is 0.327. The van der Waals surface area contributed by atoms with E-state index >= 15 is 19.2 Å². The number of hydrogen-bond acceptors (Lipinski definition) is 9. The highest BCUT2D eigenvalue weighted by atomic mass is 16.6. The molecule has 4 heterocycles. The number of anilines is 1. The smallest absolute Gasteiger partial charge is 0.329 e. The molecule has 3 saturated heterocycles. The fourth-order valence-electron chi connectivity index (χ4n) is 10.9. The number of morpholine rings is 1. The molecule has 3 fully saturated rings. The van der Waals surface area contributed by atoms with Gasteiger partial charge in [-0.2, -0.15) is 0 Å². The molecule has 354 valence electrons. The van der Waals surface area contributed by atoms with Crippen LogP contribution in [0, 0.1) is 17.8 Å². The average molecular weight is 929 g/mol. The van der Waals surface area contributed by atoms with Gasteiger partial charge in [-0.15, -0.1) is 0 Å². The van der Waals surface area contributed by atoms with Gasteiger partial charge in [0.15, 0.2) is 0 Å². The highest BCUT2D eigenvalue weighted by Crippen LogP contribution is 2.67. The second-order valence-electron chi connectivity index (χ2n) is 17.9. The van der Waals surface area contributed by atoms with Crippen molar-refractivity contribution < 1.29 is 38.6 Å². The second-order valence-corrected chi connectivity index (χ2v) is 17.9. The fourth-order valence-corrected chi connectivity index (χ4v) is 10.9. The van der Waals surface area contributed by atoms with Crippen molar-refractivity contribution in [1.29, 1.82) is 0 Å². The van der Waals surface area contributed by atoms with Gasteiger partial charge in [-0.25, -0.2) is 14.5 Å². The van der Waals surface area contributed by atoms with E-state index in [0.717, 1.165) is 48.1 Å². The first-order chi connectivity index (χ1) is 33.6. The van der Waals surface area contributed by atoms with Crippen LogP contribution in [0.2, 0.25) is 0 Å². The normalized spacial score (nSPS) is 23.6. The molecule has 5 N–H and O–H groups in total. The number of nitrogens with two attached hydrogens (primary N) is 1. The van der Waals surface area contributed by atoms with Crippen molar-refractivity contribution in [3.8, 4) is 17.6 Å². The average Bonchev–Trinajstić information content (AvgIpc) is 3.81. The number of carbonyl (C=O) groups is 5. The molecule has 5 aromatic carbocycles. The van der Waals surface area contributed by atoms with Crippen LogP contribution in [-0.4, -0.2) is 83.6 Å². The number of hydrogen-bond donors (Lipinski definition) is 4. The molecular formula is C55H56N6O8. The lowest BCUT2D eigenvalue weighted by atomic mass is 9.64. The van der Waals surface area contributed by atoms with Crippen molar-refractivity contribution >= 4 is 35.5 Å². The van der Waals surface area contributed by atoms with Crippen LogP contribution in [0.4, 0.5) is 15.3 Å². The lowest BCUT2D eigenvalue weighted by Crippen LogP contribution is -2.57. The summed E-state index contributed by atoms with van der Waals surface area (Å²) in [6, 6.07) is 35.2. The van der Waals surface area contributed by atoms with Crippen LogP contribution in [0.1, 0.15) is 96.6 Å². The minimum Gasteiger partial charge on any atom is -0.491 e. The largest absolute Gasteiger partial charge is 0.491 e. The van der Waals surface area contributed by atoms with E-state index in [1.165, 1.54) is 0 Å². The number of para-hydroxylation sites is 1. The highest BCUT2D eigenvalue weighted by molar-refractivity contribution is 6.24. The van der Waals surface area contributed by atoms with Crippen LogP contribution in [0.25, 0.3) is 0 Å². The Morgan fingerprint density at radius 2 is 1.46 bits per heavy atom. The number of benzene rings is 5. The molecule has 0 saturated carbocycles. The van der Waals surface area contributed by atoms with E-state index in [-0.39, 0.29) is 25.4 Å². The molecule has 0 radical (unpaired) electrons. The molecule has 7 atom stereocenters. The third-order valence-corrected chi connectivity index (χ3v) is 13.9. The van der Waals surface area contributed by atoms with Gasteiger partial charge in [0, 0.05) is 24.2 Å². The van der Waals surface area contributed by atoms with E-state index in [2.05, 4.69) is 22.5 Å². The number of ether oxygens (including phenoxy) is 2. The Balaban J connectivity index is 1.36. The van der Waals surface area contributed by atoms with Gasteiger partial charge in [0.1, 0.15) is 29.9 Å². The van der Waals surface area contributed by atoms with Crippen molar-refractivity contribution in [2.24, 2.45) is 11.7 Å². The van der Waals surface area contributed by atoms with Gasteiger partial charge < -0.3 is 35.8 Å². The van der Waals surface area contributed by atoms with Gasteiger partial charge in [0.05, 0.1) is 42.9 Å². The van der Waals surface area contributed by atoms with Crippen LogP contribution in [-0.2, 0) is 24.5 Å². The third kappa shape index (κ3) is 8.80. The van der Waals surface area contributed by atoms with E-state index in [9.17, 15) is 9.90 Å². The van der Waals surface area contributed by atoms with Gasteiger partial charge in [-0.3, -0.25) is 19.3 Å². The van der Waals surface area contributed by atoms with E-state index in [4.69, 9.17) is 15.2 Å². The Morgan fingerprint density at radius 3 is 2.14 bits per heavy atom. The summed E-state index contributed by atoms with van der Waals surface area (Å²) in [5, 5.41) is 15.7. The van der Waals surface area contributed by atoms with Crippen LogP contribution in [0.5, 0.6) is 5.75 Å². The zero-order chi connectivity index (χ0) is 48.1. The SMILES string of the molecule is CC(NC(=O)N1C(=O)C2(c3cc(C#CCNC(N)=O)ccc31)C(C(=O)N1CCCCCCC1)C1C(=O)OC(c3ccccc3)C(c3ccccc3)N1C2c1ccccc1OCCO)c1ccccc1. The summed E-state index contributed by atoms with van der Waals surface area (Å²) < 4.78 is 13.0. The molecule has 14 nitrogen and oxygen atoms in total. The molecule has 9 rings (SSSR count). The van der Waals surface area contributed by atoms with Crippen molar-refractivity contribution in [3.05, 3.63) is 167 Å². The number of nitrogens with zero attached hydrogens (tertiary/aromatic N) is 3. The topological polar surface area (TPSA) is 184 Å². The summed E-state index contributed by atoms with van der Waals surface area (Å²) in [5.41, 5.74) is 6.99. The molecule has 4 aliphatic heterocycles. The number of nitrogens with one attached hydrogen (secondary N) is 2. The van der Waals surface area contributed by atoms with Crippen molar-refractivity contribution in [2.75, 3.05) is 37.7 Å². The molecule has 14 heteroatoms. The van der Waals surface area contributed by atoms with E-state index in [1.807, 2.05) is 115 Å². The quantitative estimate of drug-likeness (QED) is 0.0846. The maximum absolute atomic E-state index is 16.8. The molecule has 7 unspecified atom stereocenters. The summed E-state index contributed by atoms with van der Waals surface area (Å²) in [7, 11) is 0. The highest BCUT2D eigenvalue weighted by Gasteiger charge is 2.76. The monoisotopic (exact) mass is 928 g/mol. The third-order valence-electron chi connectivity index (χ3n) is 13.9. The number of cyclic esters (lactones) is 1. The van der Waals surface area contributed by atoms with Crippen LogP contribution < -0.4 is 26.0 Å². The number of likely N-dealkylation sites (tertiary alicyclic amines) is 1. The Bertz CT molecular complexity index is 2760. The first kappa shape index (κ1) is 46.6. The number of fused-ring (bicyclic) bond motifs is 3. The Morgan fingerprint density at radius 1 is 0.826 bits per heavy atom. The van der Waals surface area contributed by atoms with Gasteiger partial charge in [-0.05, 0) is 66.3 Å². The number of esters is 1. The predicted molar refractivity (Wildman–Crippen MR) is 258 cm³/mol. The number of rotatable bonds is 10. The number of carbonyl (C=O) groups excluding carboxylic acids is 5. The number of urea groups is 2. The summed E-state index contributed by atoms with van der Waals surface area (Å²) in [6.45, 7) is 2.15. The lowest BCUT2D eigenvalue weighted by Gasteiger charge is -2.46. The predicted octanol–water partition coefficient (Wildman–Crippen LogP) is 7.01. The van der Waals surface area contributed by atoms with Gasteiger partial charge >= 0.3 is 18.0 Å². The maximum atomic E-state index is 16.8. The maximum Gasteiger partial charge on any atom is 0.329 e. The number of aliphatic hydroxyl groups is 1. The lowest BCUT2D eigenvalue weighted by molar-refractivity contribution is -0.179. The summed E-state index contributed by atoms with van der Waals surface area (Å²) in [6.07, 6.45) is 3.38. The molecule has 6 amide bonds. The zero-order valence-electron chi connectivity index (χ0n) is 38.5. The van der Waals surface area contributed by atoms with E-state index in [1.54, 1.807) is 35.2 Å². The van der Waals surface area contributed by atoms with Crippen molar-refractivity contribution in [2.45, 2.75) is 74.7 Å². The standard InChI is InChI=1S/C55H56N6O8/c1-36(38-20-8-5-9-21-38)58-54(67)60-43-29-28-37(19-18-30-57-53(56)66)35-42(43)55(52(60)65)45(50(63)59-31-16-3-2-4-17-32-59)47-51(64)69-48(40-24-12-7-13-25-40)46(39-22-10-6-11-23-39)61(47)49(55)41-26-14-15-27-44(41)68-34-33-62/h5-15,20-29,35-36,45-49,62H,2-4,16-17,30-34H2,1H3,(H,58,67)(H3,56,57,66). The molecule has 0 bridgehead atoms. The summed E-state index contributed by atoms with van der Waals surface area (Å²) in [4.78, 5) is 80.4. The summed E-state index contributed by atoms with van der Waals surface area (Å²) in [5.74, 6) is 3.07. The second kappa shape index (κ2) is 20.4. The van der Waals surface area contributed by atoms with E-state index < -0.39 is 71.5 Å². The minimum atomic E-state index is -2.04. The van der Waals surface area contributed by atoms with Crippen LogP contribution in [0.3, 0.4) is 0 Å². The first-order valence-corrected chi connectivity index (χ1v) is 23.7. The van der Waals surface area contributed by atoms with Crippen molar-refractivity contribution in [3.63, 3.8) is 0 Å². The van der Waals surface area contributed by atoms with Gasteiger partial charge in [-0.1, -0.05) is 140 Å². The van der Waals surface area contributed by atoms with Crippen LogP contribution >= 0.6 is 0 Å². The van der Waals surface area contributed by atoms with Crippen molar-refractivity contribution in [1.82, 2.24) is 20.4 Å². The Hall–Kier alpha value is -7.47. The molecule has 1 spiro atoms. The number of amides is 6. The number of primary amides is 1. The Kier molecular flexibility index (Phi) is 13.8.